The van der Waals surface area contributed by atoms with Crippen LogP contribution in [0.2, 0.25) is 0 Å². The third-order valence-corrected chi connectivity index (χ3v) is 16.1. The van der Waals surface area contributed by atoms with Gasteiger partial charge in [-0.15, -0.1) is 0 Å². The summed E-state index contributed by atoms with van der Waals surface area (Å²) in [7, 11) is -6.12. The zero-order valence-electron chi connectivity index (χ0n) is 46.6. The SMILES string of the molecule is O=C1c2c(c(/C=C/c3ccccc3)c3cccnc3c2OC(c2ccccc2)c2ccccc2)CN1Cc1ccc(F)cc1.O=C1c2c(c(OS(=O)(=O)C(F)(F)F)c3cccnc3c2OC(c2ccccc2)c2ccccc2)CN1Cc1ccc(F)cc1. The summed E-state index contributed by atoms with van der Waals surface area (Å²) in [5, 5.41) is 0.815. The number of carbonyl (C=O) groups is 2. The molecule has 2 amide bonds. The molecule has 2 aromatic heterocycles. The molecule has 88 heavy (non-hydrogen) atoms. The number of amides is 2. The summed E-state index contributed by atoms with van der Waals surface area (Å²) in [6, 6.07) is 66.7. The summed E-state index contributed by atoms with van der Waals surface area (Å²) in [6.45, 7) is 0.377. The molecule has 0 aliphatic carbocycles. The minimum Gasteiger partial charge on any atom is -0.478 e. The Morgan fingerprint density at radius 3 is 1.28 bits per heavy atom. The highest BCUT2D eigenvalue weighted by Gasteiger charge is 2.50. The molecule has 2 aliphatic rings. The van der Waals surface area contributed by atoms with Crippen LogP contribution in [0, 0.1) is 11.6 Å². The average molecular weight is 1200 g/mol. The van der Waals surface area contributed by atoms with Crippen molar-refractivity contribution in [3.05, 3.63) is 315 Å². The standard InChI is InChI=1S/C39H29FN2O2.C32H22F4N2O5S/c40-31-21-18-28(19-22-31)25-42-26-34-32(23-20-27-11-4-1-5-12-27)33-17-10-24-41-36(33)38(35(34)39(42)43)44-37(29-13-6-2-7-14-29)30-15-8-3-9-16-30;33-23-15-13-20(14-16-23)18-38-19-25-26(31(38)39)30(42-28(21-8-3-1-4-9-21)22-10-5-2-6-11-22)27-24(12-7-17-37-27)29(25)43-44(40,41)32(34,35)36/h1-24,37H,25-26H2;1-17,28H,18-19H2/b23-20+;. The molecule has 0 unspecified atom stereocenters. The average Bonchev–Trinajstić information content (AvgIpc) is 1.56. The van der Waals surface area contributed by atoms with E-state index in [1.54, 1.807) is 23.2 Å². The van der Waals surface area contributed by atoms with Crippen molar-refractivity contribution in [1.29, 1.82) is 0 Å². The van der Waals surface area contributed by atoms with Crippen LogP contribution in [0.15, 0.2) is 237 Å². The molecule has 9 aromatic carbocycles. The summed E-state index contributed by atoms with van der Waals surface area (Å²) >= 11 is 0. The third-order valence-electron chi connectivity index (χ3n) is 15.1. The van der Waals surface area contributed by atoms with Crippen LogP contribution in [-0.4, -0.2) is 45.5 Å². The number of ether oxygens (including phenoxy) is 2. The van der Waals surface area contributed by atoms with Crippen molar-refractivity contribution < 1.29 is 53.6 Å². The third kappa shape index (κ3) is 12.0. The van der Waals surface area contributed by atoms with Gasteiger partial charge >= 0.3 is 15.6 Å². The van der Waals surface area contributed by atoms with Crippen molar-refractivity contribution in [1.82, 2.24) is 19.8 Å². The number of aromatic nitrogens is 2. The Morgan fingerprint density at radius 2 is 0.852 bits per heavy atom. The molecule has 0 fully saturated rings. The van der Waals surface area contributed by atoms with Gasteiger partial charge < -0.3 is 23.5 Å². The molecule has 17 heteroatoms. The summed E-state index contributed by atoms with van der Waals surface area (Å²) in [5.74, 6) is -1.83. The van der Waals surface area contributed by atoms with Crippen LogP contribution in [0.1, 0.15) is 88.6 Å². The Bertz CT molecular complexity index is 4410. The maximum atomic E-state index is 14.3. The Labute approximate surface area is 503 Å². The van der Waals surface area contributed by atoms with Gasteiger partial charge in [-0.25, -0.2) is 8.78 Å². The van der Waals surface area contributed by atoms with Crippen molar-refractivity contribution >= 4 is 55.9 Å². The molecule has 0 bridgehead atoms. The first-order valence-electron chi connectivity index (χ1n) is 27.9. The number of fused-ring (bicyclic) bond motifs is 4. The number of carbonyl (C=O) groups excluding carboxylic acids is 2. The molecule has 11 nitrogen and oxygen atoms in total. The first kappa shape index (κ1) is 57.9. The normalized spacial score (nSPS) is 13.1. The van der Waals surface area contributed by atoms with E-state index in [-0.39, 0.29) is 52.6 Å². The van der Waals surface area contributed by atoms with Gasteiger partial charge in [0.2, 0.25) is 0 Å². The van der Waals surface area contributed by atoms with Crippen LogP contribution >= 0.6 is 0 Å². The highest BCUT2D eigenvalue weighted by Crippen LogP contribution is 2.49. The van der Waals surface area contributed by atoms with Crippen molar-refractivity contribution in [2.75, 3.05) is 0 Å². The number of rotatable bonds is 16. The monoisotopic (exact) mass is 1200 g/mol. The lowest BCUT2D eigenvalue weighted by Crippen LogP contribution is -2.28. The molecule has 0 atom stereocenters. The molecular weight excluding hydrogens is 1150 g/mol. The smallest absolute Gasteiger partial charge is 0.478 e. The zero-order valence-corrected chi connectivity index (χ0v) is 47.4. The summed E-state index contributed by atoms with van der Waals surface area (Å²) < 4.78 is 111. The number of hydrogen-bond acceptors (Lipinski definition) is 9. The van der Waals surface area contributed by atoms with E-state index in [4.69, 9.17) is 18.6 Å². The van der Waals surface area contributed by atoms with Crippen molar-refractivity contribution in [3.63, 3.8) is 0 Å². The highest BCUT2D eigenvalue weighted by molar-refractivity contribution is 7.88. The van der Waals surface area contributed by atoms with Gasteiger partial charge in [-0.2, -0.15) is 21.6 Å². The van der Waals surface area contributed by atoms with E-state index in [0.29, 0.717) is 46.6 Å². The fourth-order valence-electron chi connectivity index (χ4n) is 11.0. The first-order valence-corrected chi connectivity index (χ1v) is 29.3. The van der Waals surface area contributed by atoms with E-state index < -0.39 is 45.3 Å². The lowest BCUT2D eigenvalue weighted by atomic mass is 9.95. The molecule has 13 rings (SSSR count). The summed E-state index contributed by atoms with van der Waals surface area (Å²) in [5.41, 5.74) is 2.70. The lowest BCUT2D eigenvalue weighted by molar-refractivity contribution is -0.0500. The van der Waals surface area contributed by atoms with Gasteiger partial charge in [-0.1, -0.05) is 194 Å². The number of hydrogen-bond donors (Lipinski definition) is 0. The topological polar surface area (TPSA) is 128 Å². The van der Waals surface area contributed by atoms with E-state index in [1.807, 2.05) is 164 Å². The van der Waals surface area contributed by atoms with Crippen LogP contribution in [0.5, 0.6) is 17.2 Å². The number of benzene rings is 9. The van der Waals surface area contributed by atoms with Gasteiger partial charge in [0.25, 0.3) is 11.8 Å². The van der Waals surface area contributed by atoms with Crippen LogP contribution in [0.4, 0.5) is 22.0 Å². The molecule has 2 aliphatic heterocycles. The van der Waals surface area contributed by atoms with Gasteiger partial charge in [0.1, 0.15) is 34.9 Å². The fraction of sp³-hybridized carbons (Fsp3) is 0.0986. The number of pyridine rings is 2. The first-order chi connectivity index (χ1) is 42.7. The highest BCUT2D eigenvalue weighted by atomic mass is 32.2. The molecule has 4 heterocycles. The van der Waals surface area contributed by atoms with Crippen LogP contribution in [-0.2, 0) is 36.3 Å². The Hall–Kier alpha value is -10.5. The fourth-order valence-corrected chi connectivity index (χ4v) is 11.5. The molecule has 0 spiro atoms. The van der Waals surface area contributed by atoms with Gasteiger partial charge in [-0.3, -0.25) is 19.6 Å². The van der Waals surface area contributed by atoms with E-state index in [9.17, 15) is 40.0 Å². The van der Waals surface area contributed by atoms with Crippen LogP contribution in [0.25, 0.3) is 34.0 Å². The minimum absolute atomic E-state index is 0.0448. The maximum Gasteiger partial charge on any atom is 0.534 e. The largest absolute Gasteiger partial charge is 0.534 e. The molecule has 438 valence electrons. The quantitative estimate of drug-likeness (QED) is 0.0402. The van der Waals surface area contributed by atoms with Gasteiger partial charge in [0.05, 0.1) is 17.7 Å². The van der Waals surface area contributed by atoms with Crippen LogP contribution < -0.4 is 13.7 Å². The zero-order chi connectivity index (χ0) is 60.9. The maximum absolute atomic E-state index is 14.3. The van der Waals surface area contributed by atoms with Gasteiger partial charge in [0, 0.05) is 48.4 Å². The van der Waals surface area contributed by atoms with Crippen molar-refractivity contribution in [2.24, 2.45) is 0 Å². The molecule has 0 saturated carbocycles. The van der Waals surface area contributed by atoms with E-state index in [1.165, 1.54) is 59.6 Å². The Balaban J connectivity index is 0.000000171. The lowest BCUT2D eigenvalue weighted by Gasteiger charge is -2.23. The second-order valence-corrected chi connectivity index (χ2v) is 22.4. The minimum atomic E-state index is -6.12. The number of nitrogens with zero attached hydrogens (tertiary/aromatic N) is 4. The second kappa shape index (κ2) is 24.8. The van der Waals surface area contributed by atoms with Gasteiger partial charge in [0.15, 0.2) is 17.2 Å². The van der Waals surface area contributed by atoms with Gasteiger partial charge in [-0.05, 0) is 92.5 Å². The molecule has 0 saturated heterocycles. The van der Waals surface area contributed by atoms with Crippen molar-refractivity contribution in [2.45, 2.75) is 43.9 Å². The predicted molar refractivity (Wildman–Crippen MR) is 325 cm³/mol. The number of alkyl halides is 3. The predicted octanol–water partition coefficient (Wildman–Crippen LogP) is 15.8. The molecular formula is C71H51F5N4O7S. The Kier molecular flexibility index (Phi) is 16.3. The van der Waals surface area contributed by atoms with Crippen molar-refractivity contribution in [3.8, 4) is 17.2 Å². The summed E-state index contributed by atoms with van der Waals surface area (Å²) in [6.07, 6.45) is 5.98. The Morgan fingerprint density at radius 1 is 0.466 bits per heavy atom. The van der Waals surface area contributed by atoms with E-state index >= 15 is 0 Å². The number of halogens is 5. The van der Waals surface area contributed by atoms with E-state index in [2.05, 4.69) is 17.1 Å². The van der Waals surface area contributed by atoms with Crippen LogP contribution in [0.3, 0.4) is 0 Å². The molecule has 0 radical (unpaired) electrons. The molecule has 0 N–H and O–H groups in total. The summed E-state index contributed by atoms with van der Waals surface area (Å²) in [4.78, 5) is 40.5. The van der Waals surface area contributed by atoms with E-state index in [0.717, 1.165) is 38.8 Å². The second-order valence-electron chi connectivity index (χ2n) is 20.8. The molecule has 11 aromatic rings.